The Morgan fingerprint density at radius 1 is 0.879 bits per heavy atom. The molecule has 6 aromatic rings. The summed E-state index contributed by atoms with van der Waals surface area (Å²) in [7, 11) is 1.97. The second-order valence-corrected chi connectivity index (χ2v) is 8.26. The first-order valence-electron chi connectivity index (χ1n) is 10.6. The summed E-state index contributed by atoms with van der Waals surface area (Å²) in [5.74, 6) is 0.644. The number of rotatable bonds is 3. The Morgan fingerprint density at radius 2 is 1.73 bits per heavy atom. The molecule has 0 saturated carbocycles. The van der Waals surface area contributed by atoms with Crippen LogP contribution in [-0.4, -0.2) is 34.7 Å². The Kier molecular flexibility index (Phi) is 4.16. The van der Waals surface area contributed by atoms with Crippen LogP contribution >= 0.6 is 0 Å². The van der Waals surface area contributed by atoms with Gasteiger partial charge in [0.15, 0.2) is 0 Å². The van der Waals surface area contributed by atoms with E-state index in [-0.39, 0.29) is 5.82 Å². The van der Waals surface area contributed by atoms with Gasteiger partial charge in [-0.1, -0.05) is 0 Å². The van der Waals surface area contributed by atoms with Crippen LogP contribution in [0.25, 0.3) is 55.8 Å². The molecule has 0 amide bonds. The van der Waals surface area contributed by atoms with Crippen molar-refractivity contribution in [2.45, 2.75) is 13.8 Å². The first kappa shape index (κ1) is 19.4. The van der Waals surface area contributed by atoms with E-state index in [0.29, 0.717) is 0 Å². The molecule has 7 nitrogen and oxygen atoms in total. The minimum atomic E-state index is -0.275. The zero-order chi connectivity index (χ0) is 22.7. The summed E-state index contributed by atoms with van der Waals surface area (Å²) in [5, 5.41) is 9.48. The van der Waals surface area contributed by atoms with Crippen molar-refractivity contribution >= 4 is 21.8 Å². The van der Waals surface area contributed by atoms with E-state index in [1.165, 1.54) is 12.1 Å². The van der Waals surface area contributed by atoms with Crippen molar-refractivity contribution in [3.05, 3.63) is 72.2 Å². The SMILES string of the molecule is Cc1cc(F)cc(-c2nccc3[nH]c(-c4n[nH]c5cnc(-c6cnc(C)n6C)cc45)cc23)c1. The Morgan fingerprint density at radius 3 is 2.52 bits per heavy atom. The fourth-order valence-corrected chi connectivity index (χ4v) is 4.29. The second-order valence-electron chi connectivity index (χ2n) is 8.26. The Labute approximate surface area is 188 Å². The van der Waals surface area contributed by atoms with Gasteiger partial charge in [-0.2, -0.15) is 5.10 Å². The van der Waals surface area contributed by atoms with Gasteiger partial charge in [0.05, 0.1) is 40.7 Å². The third kappa shape index (κ3) is 3.10. The normalized spacial score (nSPS) is 11.6. The third-order valence-corrected chi connectivity index (χ3v) is 6.05. The highest BCUT2D eigenvalue weighted by atomic mass is 19.1. The zero-order valence-corrected chi connectivity index (χ0v) is 18.3. The number of halogens is 1. The molecule has 0 spiro atoms. The predicted octanol–water partition coefficient (Wildman–Crippen LogP) is 5.32. The first-order chi connectivity index (χ1) is 16.0. The van der Waals surface area contributed by atoms with Crippen LogP contribution in [-0.2, 0) is 7.05 Å². The van der Waals surface area contributed by atoms with Crippen LogP contribution in [0.5, 0.6) is 0 Å². The van der Waals surface area contributed by atoms with E-state index in [1.54, 1.807) is 12.4 Å². The molecular formula is C25H20FN7. The van der Waals surface area contributed by atoms with E-state index in [4.69, 9.17) is 0 Å². The number of fused-ring (bicyclic) bond motifs is 2. The summed E-state index contributed by atoms with van der Waals surface area (Å²) in [6.45, 7) is 3.84. The molecule has 0 saturated heterocycles. The van der Waals surface area contributed by atoms with E-state index in [9.17, 15) is 4.39 Å². The molecule has 0 bridgehead atoms. The molecule has 162 valence electrons. The average molecular weight is 437 g/mol. The molecular weight excluding hydrogens is 417 g/mol. The number of hydrogen-bond acceptors (Lipinski definition) is 4. The topological polar surface area (TPSA) is 88.1 Å². The highest BCUT2D eigenvalue weighted by Gasteiger charge is 2.16. The fraction of sp³-hybridized carbons (Fsp3) is 0.120. The lowest BCUT2D eigenvalue weighted by atomic mass is 10.0. The van der Waals surface area contributed by atoms with Crippen molar-refractivity contribution in [2.24, 2.45) is 7.05 Å². The number of imidazole rings is 1. The van der Waals surface area contributed by atoms with E-state index < -0.39 is 0 Å². The van der Waals surface area contributed by atoms with Crippen molar-refractivity contribution in [2.75, 3.05) is 0 Å². The number of pyridine rings is 2. The summed E-state index contributed by atoms with van der Waals surface area (Å²) in [5.41, 5.74) is 7.45. The number of aromatic amines is 2. The smallest absolute Gasteiger partial charge is 0.124 e. The summed E-state index contributed by atoms with van der Waals surface area (Å²) in [6.07, 6.45) is 5.34. The van der Waals surface area contributed by atoms with Crippen molar-refractivity contribution in [1.82, 2.24) is 34.7 Å². The van der Waals surface area contributed by atoms with Gasteiger partial charge in [0, 0.05) is 35.1 Å². The van der Waals surface area contributed by atoms with Gasteiger partial charge < -0.3 is 9.55 Å². The minimum absolute atomic E-state index is 0.275. The lowest BCUT2D eigenvalue weighted by Crippen LogP contribution is -1.95. The van der Waals surface area contributed by atoms with Gasteiger partial charge in [0.25, 0.3) is 0 Å². The van der Waals surface area contributed by atoms with Crippen LogP contribution in [0, 0.1) is 19.7 Å². The van der Waals surface area contributed by atoms with Gasteiger partial charge in [-0.15, -0.1) is 0 Å². The molecule has 0 aliphatic heterocycles. The maximum Gasteiger partial charge on any atom is 0.124 e. The van der Waals surface area contributed by atoms with Gasteiger partial charge in [-0.05, 0) is 55.8 Å². The standard InChI is InChI=1S/C25H20FN7/c1-13-6-15(8-16(26)7-13)24-17-10-21(30-19(17)4-5-27-24)25-18-9-20(29-11-22(18)31-32-25)23-12-28-14(2)33(23)3/h4-12,30H,1-3H3,(H,31,32). The molecule has 0 fully saturated rings. The monoisotopic (exact) mass is 437 g/mol. The van der Waals surface area contributed by atoms with Crippen molar-refractivity contribution in [1.29, 1.82) is 0 Å². The number of aromatic nitrogens is 7. The first-order valence-corrected chi connectivity index (χ1v) is 10.6. The van der Waals surface area contributed by atoms with Crippen LogP contribution in [0.2, 0.25) is 0 Å². The Balaban J connectivity index is 1.52. The number of benzene rings is 1. The van der Waals surface area contributed by atoms with Crippen LogP contribution in [0.15, 0.2) is 55.0 Å². The molecule has 0 aliphatic carbocycles. The van der Waals surface area contributed by atoms with Gasteiger partial charge >= 0.3 is 0 Å². The van der Waals surface area contributed by atoms with Crippen molar-refractivity contribution in [3.8, 4) is 34.0 Å². The Hall–Kier alpha value is -4.33. The number of H-pyrrole nitrogens is 2. The largest absolute Gasteiger partial charge is 0.353 e. The quantitative estimate of drug-likeness (QED) is 0.392. The van der Waals surface area contributed by atoms with Crippen molar-refractivity contribution in [3.63, 3.8) is 0 Å². The molecule has 8 heteroatoms. The summed E-state index contributed by atoms with van der Waals surface area (Å²) in [4.78, 5) is 17.0. The van der Waals surface area contributed by atoms with E-state index >= 15 is 0 Å². The number of nitrogens with one attached hydrogen (secondary N) is 2. The molecule has 6 rings (SSSR count). The van der Waals surface area contributed by atoms with Gasteiger partial charge in [-0.3, -0.25) is 15.1 Å². The van der Waals surface area contributed by atoms with E-state index in [1.807, 2.05) is 55.9 Å². The number of nitrogens with zero attached hydrogens (tertiary/aromatic N) is 5. The molecule has 33 heavy (non-hydrogen) atoms. The lowest BCUT2D eigenvalue weighted by Gasteiger charge is -2.04. The van der Waals surface area contributed by atoms with E-state index in [0.717, 1.165) is 67.2 Å². The molecule has 1 aromatic carbocycles. The zero-order valence-electron chi connectivity index (χ0n) is 18.3. The molecule has 5 aromatic heterocycles. The maximum atomic E-state index is 14.1. The van der Waals surface area contributed by atoms with Crippen LogP contribution in [0.3, 0.4) is 0 Å². The molecule has 0 atom stereocenters. The highest BCUT2D eigenvalue weighted by Crippen LogP contribution is 2.34. The van der Waals surface area contributed by atoms with Crippen molar-refractivity contribution < 1.29 is 4.39 Å². The van der Waals surface area contributed by atoms with Gasteiger partial charge in [-0.25, -0.2) is 9.37 Å². The maximum absolute atomic E-state index is 14.1. The molecule has 0 radical (unpaired) electrons. The molecule has 0 aliphatic rings. The fourth-order valence-electron chi connectivity index (χ4n) is 4.29. The van der Waals surface area contributed by atoms with Gasteiger partial charge in [0.2, 0.25) is 0 Å². The van der Waals surface area contributed by atoms with Gasteiger partial charge in [0.1, 0.15) is 17.3 Å². The van der Waals surface area contributed by atoms with Crippen LogP contribution < -0.4 is 0 Å². The number of hydrogen-bond donors (Lipinski definition) is 2. The average Bonchev–Trinajstić information content (AvgIpc) is 3.49. The van der Waals surface area contributed by atoms with Crippen LogP contribution in [0.4, 0.5) is 4.39 Å². The van der Waals surface area contributed by atoms with Crippen LogP contribution in [0.1, 0.15) is 11.4 Å². The summed E-state index contributed by atoms with van der Waals surface area (Å²) >= 11 is 0. The summed E-state index contributed by atoms with van der Waals surface area (Å²) in [6, 6.07) is 10.9. The third-order valence-electron chi connectivity index (χ3n) is 6.05. The highest BCUT2D eigenvalue weighted by molar-refractivity contribution is 6.00. The predicted molar refractivity (Wildman–Crippen MR) is 126 cm³/mol. The lowest BCUT2D eigenvalue weighted by molar-refractivity contribution is 0.627. The molecule has 5 heterocycles. The summed E-state index contributed by atoms with van der Waals surface area (Å²) < 4.78 is 16.1. The number of aryl methyl sites for hydroxylation is 2. The molecule has 0 unspecified atom stereocenters. The molecule has 2 N–H and O–H groups in total. The Bertz CT molecular complexity index is 1650. The minimum Gasteiger partial charge on any atom is -0.353 e. The van der Waals surface area contributed by atoms with E-state index in [2.05, 4.69) is 30.1 Å². The second kappa shape index (κ2) is 7.09.